The van der Waals surface area contributed by atoms with Gasteiger partial charge in [-0.25, -0.2) is 7.91 Å². The van der Waals surface area contributed by atoms with Crippen molar-refractivity contribution in [2.75, 3.05) is 19.7 Å². The van der Waals surface area contributed by atoms with E-state index in [4.69, 9.17) is 9.47 Å². The summed E-state index contributed by atoms with van der Waals surface area (Å²) in [6.45, 7) is 10.5. The van der Waals surface area contributed by atoms with E-state index in [9.17, 15) is 9.59 Å². The standard InChI is InChI=1S/C20H29IN2O4/c1-6-26-18(24)16-12-22(19(25)27-20(3,4)5)13-17(16)23(21)14(2)15-10-8-7-9-11-15/h7-11,14,16-17H,6,12-13H2,1-5H3/t14-,16-,17-/m1/s1. The van der Waals surface area contributed by atoms with Gasteiger partial charge in [-0.1, -0.05) is 30.3 Å². The fraction of sp³-hybridized carbons (Fsp3) is 0.600. The zero-order valence-corrected chi connectivity index (χ0v) is 18.8. The molecule has 1 aliphatic heterocycles. The van der Waals surface area contributed by atoms with Crippen LogP contribution in [0.25, 0.3) is 0 Å². The molecule has 3 atom stereocenters. The molecule has 0 unspecified atom stereocenters. The fourth-order valence-electron chi connectivity index (χ4n) is 3.15. The zero-order valence-electron chi connectivity index (χ0n) is 16.6. The Bertz CT molecular complexity index is 647. The molecule has 0 saturated carbocycles. The van der Waals surface area contributed by atoms with Crippen LogP contribution in [0.15, 0.2) is 30.3 Å². The number of esters is 1. The van der Waals surface area contributed by atoms with Gasteiger partial charge in [-0.05, 0) is 40.2 Å². The Hall–Kier alpha value is -1.35. The summed E-state index contributed by atoms with van der Waals surface area (Å²) in [5, 5.41) is 0. The molecule has 1 fully saturated rings. The number of nitrogens with zero attached hydrogens (tertiary/aromatic N) is 2. The van der Waals surface area contributed by atoms with E-state index < -0.39 is 17.6 Å². The van der Waals surface area contributed by atoms with E-state index in [2.05, 4.69) is 45.0 Å². The lowest BCUT2D eigenvalue weighted by atomic mass is 10.0. The van der Waals surface area contributed by atoms with Crippen LogP contribution in [0.5, 0.6) is 0 Å². The number of rotatable bonds is 5. The minimum atomic E-state index is -0.573. The van der Waals surface area contributed by atoms with Gasteiger partial charge in [0.15, 0.2) is 0 Å². The van der Waals surface area contributed by atoms with Crippen LogP contribution in [0.4, 0.5) is 4.79 Å². The molecule has 0 aromatic heterocycles. The second-order valence-electron chi connectivity index (χ2n) is 7.74. The summed E-state index contributed by atoms with van der Waals surface area (Å²) >= 11 is 2.26. The van der Waals surface area contributed by atoms with E-state index in [1.807, 2.05) is 39.0 Å². The summed E-state index contributed by atoms with van der Waals surface area (Å²) in [7, 11) is 0. The number of amides is 1. The summed E-state index contributed by atoms with van der Waals surface area (Å²) in [6, 6.07) is 10.1. The molecule has 2 rings (SSSR count). The maximum absolute atomic E-state index is 12.5. The second-order valence-corrected chi connectivity index (χ2v) is 8.86. The normalized spacial score (nSPS) is 21.2. The molecule has 1 aromatic carbocycles. The van der Waals surface area contributed by atoms with Crippen LogP contribution >= 0.6 is 22.9 Å². The smallest absolute Gasteiger partial charge is 0.410 e. The second kappa shape index (κ2) is 9.23. The lowest BCUT2D eigenvalue weighted by Gasteiger charge is -2.31. The molecule has 6 nitrogen and oxygen atoms in total. The van der Waals surface area contributed by atoms with Gasteiger partial charge in [0, 0.05) is 42.0 Å². The largest absolute Gasteiger partial charge is 0.466 e. The molecule has 27 heavy (non-hydrogen) atoms. The highest BCUT2D eigenvalue weighted by Gasteiger charge is 2.45. The van der Waals surface area contributed by atoms with Crippen LogP contribution in [0.1, 0.15) is 46.2 Å². The van der Waals surface area contributed by atoms with Crippen molar-refractivity contribution >= 4 is 34.9 Å². The lowest BCUT2D eigenvalue weighted by molar-refractivity contribution is -0.148. The van der Waals surface area contributed by atoms with E-state index in [0.717, 1.165) is 5.56 Å². The molecule has 0 bridgehead atoms. The van der Waals surface area contributed by atoms with Crippen LogP contribution < -0.4 is 0 Å². The molecule has 1 aromatic rings. The first kappa shape index (κ1) is 21.9. The van der Waals surface area contributed by atoms with Crippen molar-refractivity contribution < 1.29 is 19.1 Å². The zero-order chi connectivity index (χ0) is 20.2. The topological polar surface area (TPSA) is 59.1 Å². The van der Waals surface area contributed by atoms with Crippen molar-refractivity contribution in [3.05, 3.63) is 35.9 Å². The molecule has 1 amide bonds. The van der Waals surface area contributed by atoms with E-state index in [1.165, 1.54) is 0 Å². The van der Waals surface area contributed by atoms with Crippen LogP contribution in [0.2, 0.25) is 0 Å². The first-order valence-corrected chi connectivity index (χ1v) is 10.2. The van der Waals surface area contributed by atoms with E-state index >= 15 is 0 Å². The number of benzene rings is 1. The number of hydrogen-bond donors (Lipinski definition) is 0. The number of likely N-dealkylation sites (tertiary alicyclic amines) is 1. The van der Waals surface area contributed by atoms with Gasteiger partial charge in [0.25, 0.3) is 0 Å². The Kier molecular flexibility index (Phi) is 7.50. The maximum Gasteiger partial charge on any atom is 0.410 e. The third-order valence-corrected chi connectivity index (χ3v) is 6.05. The monoisotopic (exact) mass is 488 g/mol. The molecule has 1 aliphatic rings. The number of ether oxygens (including phenoxy) is 2. The molecule has 150 valence electrons. The van der Waals surface area contributed by atoms with Crippen molar-refractivity contribution in [2.45, 2.75) is 52.3 Å². The minimum absolute atomic E-state index is 0.0901. The molecule has 7 heteroatoms. The highest BCUT2D eigenvalue weighted by atomic mass is 127. The molecule has 0 spiro atoms. The van der Waals surface area contributed by atoms with Gasteiger partial charge in [0.05, 0.1) is 18.6 Å². The Balaban J connectivity index is 2.19. The Morgan fingerprint density at radius 2 is 1.89 bits per heavy atom. The molecular formula is C20H29IN2O4. The fourth-order valence-corrected chi connectivity index (χ4v) is 4.04. The molecule has 1 saturated heterocycles. The average molecular weight is 488 g/mol. The van der Waals surface area contributed by atoms with Gasteiger partial charge in [0.1, 0.15) is 5.60 Å². The first-order valence-electron chi connectivity index (χ1n) is 9.27. The minimum Gasteiger partial charge on any atom is -0.466 e. The van der Waals surface area contributed by atoms with Gasteiger partial charge in [0.2, 0.25) is 0 Å². The third kappa shape index (κ3) is 5.81. The van der Waals surface area contributed by atoms with Gasteiger partial charge in [-0.2, -0.15) is 0 Å². The van der Waals surface area contributed by atoms with E-state index in [0.29, 0.717) is 19.7 Å². The Labute approximate surface area is 175 Å². The van der Waals surface area contributed by atoms with E-state index in [1.54, 1.807) is 11.8 Å². The van der Waals surface area contributed by atoms with Gasteiger partial charge >= 0.3 is 12.1 Å². The molecule has 0 N–H and O–H groups in total. The van der Waals surface area contributed by atoms with Crippen molar-refractivity contribution in [3.8, 4) is 0 Å². The summed E-state index contributed by atoms with van der Waals surface area (Å²) in [6.07, 6.45) is -0.392. The van der Waals surface area contributed by atoms with Crippen molar-refractivity contribution in [1.29, 1.82) is 0 Å². The summed E-state index contributed by atoms with van der Waals surface area (Å²) in [5.74, 6) is -0.670. The molecule has 0 aliphatic carbocycles. The van der Waals surface area contributed by atoms with Crippen molar-refractivity contribution in [2.24, 2.45) is 5.92 Å². The highest BCUT2D eigenvalue weighted by molar-refractivity contribution is 14.1. The highest BCUT2D eigenvalue weighted by Crippen LogP contribution is 2.34. The van der Waals surface area contributed by atoms with Gasteiger partial charge in [-0.3, -0.25) is 4.79 Å². The number of hydrogen-bond acceptors (Lipinski definition) is 5. The maximum atomic E-state index is 12.5. The Morgan fingerprint density at radius 1 is 1.26 bits per heavy atom. The SMILES string of the molecule is CCOC(=O)[C@@H]1CN(C(=O)OC(C)(C)C)C[C@H]1N(I)[C@H](C)c1ccccc1. The van der Waals surface area contributed by atoms with Gasteiger partial charge < -0.3 is 14.4 Å². The van der Waals surface area contributed by atoms with E-state index in [-0.39, 0.29) is 18.1 Å². The number of carbonyl (C=O) groups is 2. The predicted molar refractivity (Wildman–Crippen MR) is 112 cm³/mol. The number of carbonyl (C=O) groups excluding carboxylic acids is 2. The van der Waals surface area contributed by atoms with Crippen LogP contribution in [-0.2, 0) is 14.3 Å². The first-order chi connectivity index (χ1) is 12.6. The number of halogens is 1. The van der Waals surface area contributed by atoms with Gasteiger partial charge in [-0.15, -0.1) is 0 Å². The average Bonchev–Trinajstić information content (AvgIpc) is 3.05. The summed E-state index contributed by atoms with van der Waals surface area (Å²) in [4.78, 5) is 26.7. The van der Waals surface area contributed by atoms with Crippen LogP contribution in [0, 0.1) is 5.92 Å². The molecular weight excluding hydrogens is 459 g/mol. The summed E-state index contributed by atoms with van der Waals surface area (Å²) in [5.41, 5.74) is 0.584. The molecule has 0 radical (unpaired) electrons. The predicted octanol–water partition coefficient (Wildman–Crippen LogP) is 4.20. The Morgan fingerprint density at radius 3 is 2.44 bits per heavy atom. The van der Waals surface area contributed by atoms with Crippen LogP contribution in [-0.4, -0.2) is 51.4 Å². The molecule has 1 heterocycles. The van der Waals surface area contributed by atoms with Crippen molar-refractivity contribution in [3.63, 3.8) is 0 Å². The summed E-state index contributed by atoms with van der Waals surface area (Å²) < 4.78 is 12.9. The van der Waals surface area contributed by atoms with Crippen LogP contribution in [0.3, 0.4) is 0 Å². The lowest BCUT2D eigenvalue weighted by Crippen LogP contribution is -2.40. The quantitative estimate of drug-likeness (QED) is 0.353. The van der Waals surface area contributed by atoms with Crippen molar-refractivity contribution in [1.82, 2.24) is 8.01 Å². The third-order valence-electron chi connectivity index (χ3n) is 4.50.